The fourth-order valence-corrected chi connectivity index (χ4v) is 2.67. The Hall–Kier alpha value is -1.20. The van der Waals surface area contributed by atoms with Gasteiger partial charge in [0.1, 0.15) is 11.0 Å². The first-order valence-corrected chi connectivity index (χ1v) is 6.76. The minimum Gasteiger partial charge on any atom is -0.376 e. The molecule has 2 fully saturated rings. The molecule has 0 radical (unpaired) electrons. The lowest BCUT2D eigenvalue weighted by atomic mass is 10.1. The van der Waals surface area contributed by atoms with E-state index < -0.39 is 11.7 Å². The number of amides is 1. The topological polar surface area (TPSA) is 51.2 Å². The van der Waals surface area contributed by atoms with Gasteiger partial charge in [-0.3, -0.25) is 4.79 Å². The van der Waals surface area contributed by atoms with Crippen LogP contribution in [0.2, 0.25) is 5.15 Å². The summed E-state index contributed by atoms with van der Waals surface area (Å²) in [5.41, 5.74) is 0.0723. The van der Waals surface area contributed by atoms with Gasteiger partial charge in [-0.25, -0.2) is 9.37 Å². The number of nitrogens with one attached hydrogen (secondary N) is 1. The van der Waals surface area contributed by atoms with Crippen molar-refractivity contribution in [1.82, 2.24) is 10.3 Å². The molecule has 102 valence electrons. The van der Waals surface area contributed by atoms with Crippen LogP contribution in [0.15, 0.2) is 12.3 Å². The molecule has 1 aromatic rings. The zero-order valence-corrected chi connectivity index (χ0v) is 11.0. The molecule has 2 aliphatic rings. The van der Waals surface area contributed by atoms with Gasteiger partial charge in [-0.05, 0) is 31.2 Å². The Morgan fingerprint density at radius 3 is 3.00 bits per heavy atom. The van der Waals surface area contributed by atoms with Gasteiger partial charge in [-0.1, -0.05) is 11.6 Å². The second-order valence-corrected chi connectivity index (χ2v) is 5.39. The molecule has 1 saturated carbocycles. The van der Waals surface area contributed by atoms with Crippen LogP contribution in [0.1, 0.15) is 29.6 Å². The third-order valence-electron chi connectivity index (χ3n) is 3.59. The van der Waals surface area contributed by atoms with Crippen molar-refractivity contribution >= 4 is 17.5 Å². The molecule has 2 atom stereocenters. The van der Waals surface area contributed by atoms with Gasteiger partial charge in [0.05, 0.1) is 23.9 Å². The fourth-order valence-electron chi connectivity index (χ4n) is 2.48. The highest BCUT2D eigenvalue weighted by Gasteiger charge is 2.41. The van der Waals surface area contributed by atoms with Crippen LogP contribution in [0.3, 0.4) is 0 Å². The van der Waals surface area contributed by atoms with Crippen molar-refractivity contribution in [2.75, 3.05) is 6.61 Å². The smallest absolute Gasteiger partial charge is 0.254 e. The second kappa shape index (κ2) is 5.06. The molecular formula is C13H14ClFN2O2. The minimum atomic E-state index is -0.573. The monoisotopic (exact) mass is 284 g/mol. The summed E-state index contributed by atoms with van der Waals surface area (Å²) in [5, 5.41) is 2.89. The summed E-state index contributed by atoms with van der Waals surface area (Å²) in [6.45, 7) is 0.654. The Morgan fingerprint density at radius 1 is 1.47 bits per heavy atom. The van der Waals surface area contributed by atoms with E-state index in [1.165, 1.54) is 0 Å². The fraction of sp³-hybridized carbons (Fsp3) is 0.538. The van der Waals surface area contributed by atoms with E-state index in [0.717, 1.165) is 31.5 Å². The highest BCUT2D eigenvalue weighted by atomic mass is 35.5. The van der Waals surface area contributed by atoms with Crippen LogP contribution in [0.4, 0.5) is 4.39 Å². The number of halogens is 2. The predicted octanol–water partition coefficient (Wildman–Crippen LogP) is 2.17. The van der Waals surface area contributed by atoms with E-state index in [4.69, 9.17) is 16.3 Å². The number of aromatic nitrogens is 1. The Bertz CT molecular complexity index is 507. The van der Waals surface area contributed by atoms with Gasteiger partial charge in [-0.15, -0.1) is 0 Å². The molecule has 19 heavy (non-hydrogen) atoms. The van der Waals surface area contributed by atoms with Gasteiger partial charge in [-0.2, -0.15) is 0 Å². The Morgan fingerprint density at radius 2 is 2.26 bits per heavy atom. The third kappa shape index (κ3) is 2.72. The van der Waals surface area contributed by atoms with Crippen molar-refractivity contribution in [2.45, 2.75) is 31.4 Å². The molecule has 1 aliphatic heterocycles. The van der Waals surface area contributed by atoms with E-state index in [-0.39, 0.29) is 22.9 Å². The lowest BCUT2D eigenvalue weighted by molar-refractivity contribution is 0.0729. The summed E-state index contributed by atoms with van der Waals surface area (Å²) >= 11 is 5.82. The first-order chi connectivity index (χ1) is 9.15. The molecule has 6 heteroatoms. The summed E-state index contributed by atoms with van der Waals surface area (Å²) in [4.78, 5) is 15.7. The molecule has 1 aromatic heterocycles. The number of hydrogen-bond acceptors (Lipinski definition) is 3. The summed E-state index contributed by atoms with van der Waals surface area (Å²) in [6, 6.07) is 1.09. The Kier molecular flexibility index (Phi) is 3.41. The van der Waals surface area contributed by atoms with Crippen LogP contribution in [0.25, 0.3) is 0 Å². The largest absolute Gasteiger partial charge is 0.376 e. The third-order valence-corrected chi connectivity index (χ3v) is 3.89. The van der Waals surface area contributed by atoms with Gasteiger partial charge in [0.2, 0.25) is 0 Å². The molecule has 1 amide bonds. The molecule has 0 aromatic carbocycles. The summed E-state index contributed by atoms with van der Waals surface area (Å²) < 4.78 is 18.8. The van der Waals surface area contributed by atoms with E-state index in [1.54, 1.807) is 0 Å². The van der Waals surface area contributed by atoms with E-state index in [9.17, 15) is 9.18 Å². The normalized spacial score (nSPS) is 26.4. The number of hydrogen-bond donors (Lipinski definition) is 1. The quantitative estimate of drug-likeness (QED) is 0.866. The summed E-state index contributed by atoms with van der Waals surface area (Å²) in [5.74, 6) is -0.414. The van der Waals surface area contributed by atoms with E-state index in [0.29, 0.717) is 12.5 Å². The summed E-state index contributed by atoms with van der Waals surface area (Å²) in [6.07, 6.45) is 4.17. The molecule has 2 heterocycles. The first-order valence-electron chi connectivity index (χ1n) is 6.38. The zero-order chi connectivity index (χ0) is 13.4. The Labute approximate surface area is 115 Å². The standard InChI is InChI=1S/C13H14ClFN2O2/c14-12-9(5-8(15)6-16-12)13(18)17-10-3-4-19-11(10)7-1-2-7/h5-7,10-11H,1-4H2,(H,17,18). The molecular weight excluding hydrogens is 271 g/mol. The Balaban J connectivity index is 1.72. The minimum absolute atomic E-state index is 0.0145. The maximum atomic E-state index is 13.1. The van der Waals surface area contributed by atoms with Crippen LogP contribution in [0.5, 0.6) is 0 Å². The number of ether oxygens (including phenoxy) is 1. The number of pyridine rings is 1. The van der Waals surface area contributed by atoms with Crippen molar-refractivity contribution in [1.29, 1.82) is 0 Å². The van der Waals surface area contributed by atoms with Crippen molar-refractivity contribution in [2.24, 2.45) is 5.92 Å². The molecule has 4 nitrogen and oxygen atoms in total. The number of rotatable bonds is 3. The van der Waals surface area contributed by atoms with E-state index in [1.807, 2.05) is 0 Å². The second-order valence-electron chi connectivity index (χ2n) is 5.03. The van der Waals surface area contributed by atoms with Gasteiger partial charge >= 0.3 is 0 Å². The van der Waals surface area contributed by atoms with Gasteiger partial charge in [0.15, 0.2) is 0 Å². The average molecular weight is 285 g/mol. The maximum absolute atomic E-state index is 13.1. The SMILES string of the molecule is O=C(NC1CCOC1C1CC1)c1cc(F)cnc1Cl. The van der Waals surface area contributed by atoms with Gasteiger partial charge in [0, 0.05) is 6.61 Å². The van der Waals surface area contributed by atoms with Crippen LogP contribution in [0, 0.1) is 11.7 Å². The van der Waals surface area contributed by atoms with Crippen LogP contribution >= 0.6 is 11.6 Å². The molecule has 0 bridgehead atoms. The van der Waals surface area contributed by atoms with Crippen LogP contribution in [-0.2, 0) is 4.74 Å². The lowest BCUT2D eigenvalue weighted by Gasteiger charge is -2.19. The van der Waals surface area contributed by atoms with E-state index in [2.05, 4.69) is 10.3 Å². The van der Waals surface area contributed by atoms with Crippen molar-refractivity contribution in [3.63, 3.8) is 0 Å². The zero-order valence-electron chi connectivity index (χ0n) is 10.2. The van der Waals surface area contributed by atoms with E-state index >= 15 is 0 Å². The highest BCUT2D eigenvalue weighted by molar-refractivity contribution is 6.32. The number of carbonyl (C=O) groups excluding carboxylic acids is 1. The molecule has 2 unspecified atom stereocenters. The predicted molar refractivity (Wildman–Crippen MR) is 67.5 cm³/mol. The number of carbonyl (C=O) groups is 1. The average Bonchev–Trinajstić information content (AvgIpc) is 3.13. The molecule has 1 aliphatic carbocycles. The van der Waals surface area contributed by atoms with Crippen LogP contribution in [-0.4, -0.2) is 29.6 Å². The van der Waals surface area contributed by atoms with Crippen molar-refractivity contribution in [3.05, 3.63) is 28.8 Å². The molecule has 0 spiro atoms. The van der Waals surface area contributed by atoms with Crippen molar-refractivity contribution < 1.29 is 13.9 Å². The lowest BCUT2D eigenvalue weighted by Crippen LogP contribution is -2.41. The van der Waals surface area contributed by atoms with Gasteiger partial charge < -0.3 is 10.1 Å². The maximum Gasteiger partial charge on any atom is 0.254 e. The van der Waals surface area contributed by atoms with Gasteiger partial charge in [0.25, 0.3) is 5.91 Å². The molecule has 3 rings (SSSR count). The highest BCUT2D eigenvalue weighted by Crippen LogP contribution is 2.38. The number of nitrogens with zero attached hydrogens (tertiary/aromatic N) is 1. The van der Waals surface area contributed by atoms with Crippen molar-refractivity contribution in [3.8, 4) is 0 Å². The molecule has 1 saturated heterocycles. The first kappa shape index (κ1) is 12.8. The summed E-state index contributed by atoms with van der Waals surface area (Å²) in [7, 11) is 0. The molecule has 1 N–H and O–H groups in total. The van der Waals surface area contributed by atoms with Crippen LogP contribution < -0.4 is 5.32 Å².